The van der Waals surface area contributed by atoms with Gasteiger partial charge in [-0.3, -0.25) is 9.59 Å². The maximum atomic E-state index is 12.3. The molecule has 1 aromatic rings. The number of ether oxygens (including phenoxy) is 1. The van der Waals surface area contributed by atoms with E-state index in [1.165, 1.54) is 45.6 Å². The van der Waals surface area contributed by atoms with E-state index in [1.807, 2.05) is 0 Å². The van der Waals surface area contributed by atoms with Crippen LogP contribution in [-0.4, -0.2) is 25.3 Å². The van der Waals surface area contributed by atoms with E-state index >= 15 is 0 Å². The summed E-state index contributed by atoms with van der Waals surface area (Å²) in [6.07, 6.45) is 10.2. The van der Waals surface area contributed by atoms with E-state index in [4.69, 9.17) is 16.3 Å². The first-order chi connectivity index (χ1) is 12.6. The number of methoxy groups -OCH3 is 1. The molecule has 0 spiro atoms. The summed E-state index contributed by atoms with van der Waals surface area (Å²) in [6.45, 7) is 2.91. The topological polar surface area (TPSA) is 55.4 Å². The molecule has 1 rings (SSSR count). The second-order valence-electron chi connectivity index (χ2n) is 6.59. The Morgan fingerprint density at radius 2 is 1.65 bits per heavy atom. The average Bonchev–Trinajstić information content (AvgIpc) is 2.64. The van der Waals surface area contributed by atoms with Gasteiger partial charge in [-0.05, 0) is 24.6 Å². The minimum absolute atomic E-state index is 0.0812. The predicted octanol–water partition coefficient (Wildman–Crippen LogP) is 5.57. The summed E-state index contributed by atoms with van der Waals surface area (Å²) in [5, 5.41) is 3.37. The van der Waals surface area contributed by atoms with Crippen LogP contribution >= 0.6 is 11.6 Å². The number of hydrogen-bond acceptors (Lipinski definition) is 3. The highest BCUT2D eigenvalue weighted by atomic mass is 35.5. The molecule has 0 aliphatic carbocycles. The lowest BCUT2D eigenvalue weighted by Gasteiger charge is -2.08. The van der Waals surface area contributed by atoms with E-state index in [1.54, 1.807) is 18.2 Å². The molecule has 1 aromatic carbocycles. The van der Waals surface area contributed by atoms with Gasteiger partial charge < -0.3 is 10.1 Å². The highest BCUT2D eigenvalue weighted by Gasteiger charge is 2.14. The molecule has 4 nitrogen and oxygen atoms in total. The van der Waals surface area contributed by atoms with Crippen LogP contribution in [0.15, 0.2) is 18.2 Å². The average molecular weight is 382 g/mol. The van der Waals surface area contributed by atoms with E-state index in [0.717, 1.165) is 12.8 Å². The molecule has 0 saturated carbocycles. The van der Waals surface area contributed by atoms with E-state index in [-0.39, 0.29) is 24.5 Å². The summed E-state index contributed by atoms with van der Waals surface area (Å²) in [7, 11) is 1.51. The van der Waals surface area contributed by atoms with Crippen LogP contribution in [0.25, 0.3) is 0 Å². The fourth-order valence-corrected chi connectivity index (χ4v) is 3.01. The number of amides is 1. The zero-order valence-electron chi connectivity index (χ0n) is 16.1. The van der Waals surface area contributed by atoms with Crippen LogP contribution in [0.5, 0.6) is 5.75 Å². The van der Waals surface area contributed by atoms with E-state index in [9.17, 15) is 9.59 Å². The molecule has 146 valence electrons. The van der Waals surface area contributed by atoms with Gasteiger partial charge in [-0.1, -0.05) is 63.5 Å². The smallest absolute Gasteiger partial charge is 0.220 e. The second-order valence-corrected chi connectivity index (χ2v) is 7.03. The fraction of sp³-hybridized carbons (Fsp3) is 0.619. The summed E-state index contributed by atoms with van der Waals surface area (Å²) in [6, 6.07) is 4.92. The Hall–Kier alpha value is -1.55. The number of benzene rings is 1. The minimum atomic E-state index is -0.133. The van der Waals surface area contributed by atoms with Gasteiger partial charge in [0.1, 0.15) is 5.75 Å². The van der Waals surface area contributed by atoms with Crippen molar-refractivity contribution in [2.45, 2.75) is 71.1 Å². The molecular formula is C21H32ClNO3. The molecule has 0 atom stereocenters. The normalized spacial score (nSPS) is 10.6. The Morgan fingerprint density at radius 3 is 2.31 bits per heavy atom. The van der Waals surface area contributed by atoms with Crippen LogP contribution in [-0.2, 0) is 4.79 Å². The summed E-state index contributed by atoms with van der Waals surface area (Å²) in [4.78, 5) is 24.2. The number of Topliss-reactive ketones (excluding diaryl/α,β-unsaturated/α-hetero) is 1. The van der Waals surface area contributed by atoms with Gasteiger partial charge in [0.25, 0.3) is 0 Å². The van der Waals surface area contributed by atoms with E-state index < -0.39 is 0 Å². The minimum Gasteiger partial charge on any atom is -0.496 e. The van der Waals surface area contributed by atoms with Crippen molar-refractivity contribution in [3.63, 3.8) is 0 Å². The lowest BCUT2D eigenvalue weighted by molar-refractivity contribution is -0.121. The Balaban J connectivity index is 2.16. The van der Waals surface area contributed by atoms with Crippen LogP contribution in [0, 0.1) is 0 Å². The molecule has 1 N–H and O–H groups in total. The molecule has 0 aliphatic heterocycles. The van der Waals surface area contributed by atoms with Crippen LogP contribution in [0.1, 0.15) is 81.5 Å². The molecule has 26 heavy (non-hydrogen) atoms. The molecule has 0 unspecified atom stereocenters. The fourth-order valence-electron chi connectivity index (χ4n) is 2.83. The molecule has 1 amide bonds. The van der Waals surface area contributed by atoms with E-state index in [2.05, 4.69) is 12.2 Å². The van der Waals surface area contributed by atoms with Gasteiger partial charge in [-0.15, -0.1) is 0 Å². The van der Waals surface area contributed by atoms with Crippen molar-refractivity contribution >= 4 is 23.3 Å². The summed E-state index contributed by atoms with van der Waals surface area (Å²) < 4.78 is 5.18. The zero-order chi connectivity index (χ0) is 19.2. The van der Waals surface area contributed by atoms with Gasteiger partial charge >= 0.3 is 0 Å². The maximum Gasteiger partial charge on any atom is 0.220 e. The number of ketones is 1. The van der Waals surface area contributed by atoms with Gasteiger partial charge in [0, 0.05) is 24.4 Å². The van der Waals surface area contributed by atoms with Crippen molar-refractivity contribution in [1.29, 1.82) is 0 Å². The number of nitrogens with one attached hydrogen (secondary N) is 1. The largest absolute Gasteiger partial charge is 0.496 e. The van der Waals surface area contributed by atoms with Gasteiger partial charge in [0.15, 0.2) is 5.78 Å². The molecule has 0 fully saturated rings. The zero-order valence-corrected chi connectivity index (χ0v) is 16.9. The van der Waals surface area contributed by atoms with Crippen LogP contribution in [0.2, 0.25) is 5.02 Å². The van der Waals surface area contributed by atoms with Crippen molar-refractivity contribution in [2.75, 3.05) is 13.7 Å². The first kappa shape index (κ1) is 22.5. The van der Waals surface area contributed by atoms with Crippen molar-refractivity contribution in [3.8, 4) is 5.75 Å². The quantitative estimate of drug-likeness (QED) is 0.338. The second kappa shape index (κ2) is 13.6. The molecule has 0 heterocycles. The molecule has 0 radical (unpaired) electrons. The number of carbonyl (C=O) groups is 2. The van der Waals surface area contributed by atoms with Crippen molar-refractivity contribution in [3.05, 3.63) is 28.8 Å². The molecule has 0 aromatic heterocycles. The summed E-state index contributed by atoms with van der Waals surface area (Å²) in [5.41, 5.74) is 0.427. The Kier molecular flexibility index (Phi) is 11.8. The third-order valence-corrected chi connectivity index (χ3v) is 4.63. The Bertz CT molecular complexity index is 560. The maximum absolute atomic E-state index is 12.3. The third kappa shape index (κ3) is 9.23. The number of rotatable bonds is 14. The first-order valence-electron chi connectivity index (χ1n) is 9.72. The Labute approximate surface area is 162 Å². The van der Waals surface area contributed by atoms with Gasteiger partial charge in [-0.25, -0.2) is 0 Å². The van der Waals surface area contributed by atoms with Crippen LogP contribution < -0.4 is 10.1 Å². The lowest BCUT2D eigenvalue weighted by Crippen LogP contribution is -2.24. The molecule has 0 saturated heterocycles. The van der Waals surface area contributed by atoms with Crippen molar-refractivity contribution in [2.24, 2.45) is 0 Å². The van der Waals surface area contributed by atoms with Crippen molar-refractivity contribution in [1.82, 2.24) is 5.32 Å². The van der Waals surface area contributed by atoms with Crippen LogP contribution in [0.4, 0.5) is 0 Å². The molecule has 0 aliphatic rings. The van der Waals surface area contributed by atoms with Crippen molar-refractivity contribution < 1.29 is 14.3 Å². The number of carbonyl (C=O) groups excluding carboxylic acids is 2. The Morgan fingerprint density at radius 1 is 1.00 bits per heavy atom. The highest BCUT2D eigenvalue weighted by molar-refractivity contribution is 6.31. The van der Waals surface area contributed by atoms with Gasteiger partial charge in [0.05, 0.1) is 12.7 Å². The van der Waals surface area contributed by atoms with Gasteiger partial charge in [-0.2, -0.15) is 0 Å². The highest BCUT2D eigenvalue weighted by Crippen LogP contribution is 2.24. The molecule has 0 bridgehead atoms. The monoisotopic (exact) mass is 381 g/mol. The lowest BCUT2D eigenvalue weighted by atomic mass is 10.1. The standard InChI is InChI=1S/C21H32ClNO3/c1-3-4-5-6-7-8-9-10-15-23-21(25)14-12-19(24)18-16-17(22)11-13-20(18)26-2/h11,13,16H,3-10,12,14-15H2,1-2H3,(H,23,25). The van der Waals surface area contributed by atoms with Crippen LogP contribution in [0.3, 0.4) is 0 Å². The first-order valence-corrected chi connectivity index (χ1v) is 10.1. The summed E-state index contributed by atoms with van der Waals surface area (Å²) in [5.74, 6) is 0.271. The predicted molar refractivity (Wildman–Crippen MR) is 107 cm³/mol. The summed E-state index contributed by atoms with van der Waals surface area (Å²) >= 11 is 5.94. The number of unbranched alkanes of at least 4 members (excludes halogenated alkanes) is 7. The number of hydrogen-bond donors (Lipinski definition) is 1. The molecular weight excluding hydrogens is 350 g/mol. The SMILES string of the molecule is CCCCCCCCCCNC(=O)CCC(=O)c1cc(Cl)ccc1OC. The molecule has 5 heteroatoms. The van der Waals surface area contributed by atoms with E-state index in [0.29, 0.717) is 22.9 Å². The third-order valence-electron chi connectivity index (χ3n) is 4.39. The number of halogens is 1. The van der Waals surface area contributed by atoms with Gasteiger partial charge in [0.2, 0.25) is 5.91 Å².